The number of amides is 1. The minimum absolute atomic E-state index is 0.125. The number of imidazole rings is 1. The van der Waals surface area contributed by atoms with Gasteiger partial charge in [0.2, 0.25) is 0 Å². The van der Waals surface area contributed by atoms with Gasteiger partial charge < -0.3 is 20.5 Å². The number of hydrogen-bond acceptors (Lipinski definition) is 7. The first-order chi connectivity index (χ1) is 18.5. The highest BCUT2D eigenvalue weighted by Crippen LogP contribution is 2.36. The summed E-state index contributed by atoms with van der Waals surface area (Å²) in [5.74, 6) is -0.998. The average molecular weight is 532 g/mol. The van der Waals surface area contributed by atoms with Crippen LogP contribution in [0.25, 0.3) is 16.9 Å². The van der Waals surface area contributed by atoms with Crippen LogP contribution in [0, 0.1) is 10.1 Å². The van der Waals surface area contributed by atoms with Crippen LogP contribution in [0.1, 0.15) is 36.7 Å². The fraction of sp³-hybridized carbons (Fsp3) is 0.250. The van der Waals surface area contributed by atoms with E-state index in [1.54, 1.807) is 53.1 Å². The van der Waals surface area contributed by atoms with Crippen molar-refractivity contribution < 1.29 is 24.4 Å². The van der Waals surface area contributed by atoms with Crippen LogP contribution in [-0.2, 0) is 11.2 Å². The van der Waals surface area contributed by atoms with Crippen LogP contribution < -0.4 is 15.4 Å². The molecule has 11 heteroatoms. The summed E-state index contributed by atoms with van der Waals surface area (Å²) in [4.78, 5) is 40.7. The Morgan fingerprint density at radius 1 is 1.13 bits per heavy atom. The maximum absolute atomic E-state index is 13.1. The summed E-state index contributed by atoms with van der Waals surface area (Å²) in [5, 5.41) is 27.3. The first-order valence-electron chi connectivity index (χ1n) is 12.2. The number of aliphatic carboxylic acids is 1. The minimum Gasteiger partial charge on any atom is -0.490 e. The number of aromatic nitrogens is 2. The van der Waals surface area contributed by atoms with Gasteiger partial charge in [-0.15, -0.1) is 0 Å². The highest BCUT2D eigenvalue weighted by molar-refractivity contribution is 5.97. The predicted molar refractivity (Wildman–Crippen MR) is 146 cm³/mol. The summed E-state index contributed by atoms with van der Waals surface area (Å²) < 4.78 is 6.87. The van der Waals surface area contributed by atoms with Crippen molar-refractivity contribution in [3.63, 3.8) is 0 Å². The van der Waals surface area contributed by atoms with Crippen LogP contribution >= 0.6 is 0 Å². The standard InChI is InChI=1S/C28H29N5O6/c1-28(2,3)31-25-24(18-10-11-22(39-4)21(15-18)33(37)38)30-23-16-19(12-13-32(23)25)26(34)29-20(27(35)36)14-17-8-6-5-7-9-17/h5-13,15-16,20,31H,14H2,1-4H3,(H,29,34)(H,35,36). The van der Waals surface area contributed by atoms with Gasteiger partial charge in [0.25, 0.3) is 5.91 Å². The topological polar surface area (TPSA) is 148 Å². The lowest BCUT2D eigenvalue weighted by molar-refractivity contribution is -0.385. The van der Waals surface area contributed by atoms with Gasteiger partial charge in [-0.3, -0.25) is 19.3 Å². The number of methoxy groups -OCH3 is 1. The fourth-order valence-electron chi connectivity index (χ4n) is 4.13. The molecule has 4 rings (SSSR count). The Morgan fingerprint density at radius 2 is 1.85 bits per heavy atom. The van der Waals surface area contributed by atoms with Gasteiger partial charge in [-0.1, -0.05) is 30.3 Å². The SMILES string of the molecule is COc1ccc(-c2nc3cc(C(=O)NC(Cc4ccccc4)C(=O)O)ccn3c2NC(C)(C)C)cc1[N+](=O)[O-]. The molecule has 0 spiro atoms. The first kappa shape index (κ1) is 27.1. The second-order valence-electron chi connectivity index (χ2n) is 10.0. The van der Waals surface area contributed by atoms with E-state index >= 15 is 0 Å². The maximum Gasteiger partial charge on any atom is 0.326 e. The molecule has 4 aromatic rings. The zero-order valence-corrected chi connectivity index (χ0v) is 22.0. The molecule has 11 nitrogen and oxygen atoms in total. The number of carbonyl (C=O) groups is 2. The van der Waals surface area contributed by atoms with Crippen molar-refractivity contribution in [3.8, 4) is 17.0 Å². The molecule has 2 aromatic carbocycles. The van der Waals surface area contributed by atoms with Crippen molar-refractivity contribution in [1.29, 1.82) is 0 Å². The lowest BCUT2D eigenvalue weighted by atomic mass is 10.1. The van der Waals surface area contributed by atoms with Gasteiger partial charge in [-0.05, 0) is 50.6 Å². The Bertz CT molecular complexity index is 1540. The van der Waals surface area contributed by atoms with E-state index in [1.807, 2.05) is 26.8 Å². The molecule has 1 amide bonds. The van der Waals surface area contributed by atoms with E-state index in [0.29, 0.717) is 22.7 Å². The largest absolute Gasteiger partial charge is 0.490 e. The van der Waals surface area contributed by atoms with Crippen molar-refractivity contribution in [2.24, 2.45) is 0 Å². The van der Waals surface area contributed by atoms with Crippen molar-refractivity contribution in [2.75, 3.05) is 12.4 Å². The lowest BCUT2D eigenvalue weighted by Crippen LogP contribution is -2.42. The van der Waals surface area contributed by atoms with Crippen molar-refractivity contribution in [1.82, 2.24) is 14.7 Å². The van der Waals surface area contributed by atoms with Crippen LogP contribution in [-0.4, -0.2) is 50.0 Å². The van der Waals surface area contributed by atoms with Gasteiger partial charge in [0.1, 0.15) is 23.2 Å². The molecular weight excluding hydrogens is 502 g/mol. The molecule has 202 valence electrons. The first-order valence-corrected chi connectivity index (χ1v) is 12.2. The van der Waals surface area contributed by atoms with Crippen molar-refractivity contribution in [2.45, 2.75) is 38.8 Å². The third-order valence-corrected chi connectivity index (χ3v) is 5.92. The normalized spacial score (nSPS) is 12.1. The number of carboxylic acids is 1. The molecule has 0 aliphatic carbocycles. The number of rotatable bonds is 9. The van der Waals surface area contributed by atoms with Crippen molar-refractivity contribution in [3.05, 3.63) is 88.1 Å². The quantitative estimate of drug-likeness (QED) is 0.210. The Kier molecular flexibility index (Phi) is 7.52. The summed E-state index contributed by atoms with van der Waals surface area (Å²) in [6.45, 7) is 5.90. The monoisotopic (exact) mass is 531 g/mol. The summed E-state index contributed by atoms with van der Waals surface area (Å²) in [6, 6.07) is 15.6. The van der Waals surface area contributed by atoms with E-state index in [9.17, 15) is 24.8 Å². The minimum atomic E-state index is -1.14. The number of nitrogens with zero attached hydrogens (tertiary/aromatic N) is 3. The van der Waals surface area contributed by atoms with E-state index in [0.717, 1.165) is 5.56 Å². The summed E-state index contributed by atoms with van der Waals surface area (Å²) in [6.07, 6.45) is 1.79. The molecule has 1 atom stereocenters. The number of hydrogen-bond donors (Lipinski definition) is 3. The van der Waals surface area contributed by atoms with E-state index < -0.39 is 22.8 Å². The number of pyridine rings is 1. The number of ether oxygens (including phenoxy) is 1. The number of carboxylic acid groups (broad SMARTS) is 1. The van der Waals surface area contributed by atoms with E-state index in [-0.39, 0.29) is 29.0 Å². The Labute approximate surface area is 224 Å². The Hall–Kier alpha value is -4.93. The molecule has 39 heavy (non-hydrogen) atoms. The average Bonchev–Trinajstić information content (AvgIpc) is 3.24. The number of fused-ring (bicyclic) bond motifs is 1. The third kappa shape index (κ3) is 6.15. The third-order valence-electron chi connectivity index (χ3n) is 5.92. The Morgan fingerprint density at radius 3 is 2.46 bits per heavy atom. The molecule has 0 aliphatic rings. The molecular formula is C28H29N5O6. The summed E-state index contributed by atoms with van der Waals surface area (Å²) in [7, 11) is 1.36. The summed E-state index contributed by atoms with van der Waals surface area (Å²) in [5.41, 5.74) is 1.75. The lowest BCUT2D eigenvalue weighted by Gasteiger charge is -2.22. The number of nitro groups is 1. The Balaban J connectivity index is 1.73. The molecule has 1 unspecified atom stereocenters. The van der Waals surface area contributed by atoms with Gasteiger partial charge in [-0.25, -0.2) is 9.78 Å². The number of carbonyl (C=O) groups excluding carboxylic acids is 1. The smallest absolute Gasteiger partial charge is 0.326 e. The molecule has 0 radical (unpaired) electrons. The molecule has 0 aliphatic heterocycles. The van der Waals surface area contributed by atoms with E-state index in [2.05, 4.69) is 15.6 Å². The predicted octanol–water partition coefficient (Wildman–Crippen LogP) is 4.55. The molecule has 2 aromatic heterocycles. The highest BCUT2D eigenvalue weighted by atomic mass is 16.6. The number of nitro benzene ring substituents is 1. The van der Waals surface area contributed by atoms with E-state index in [4.69, 9.17) is 4.74 Å². The van der Waals surface area contributed by atoms with Gasteiger partial charge in [0, 0.05) is 35.3 Å². The second-order valence-corrected chi connectivity index (χ2v) is 10.0. The molecule has 0 fully saturated rings. The van der Waals surface area contributed by atoms with Gasteiger partial charge >= 0.3 is 11.7 Å². The molecule has 3 N–H and O–H groups in total. The number of nitrogens with one attached hydrogen (secondary N) is 2. The van der Waals surface area contributed by atoms with Crippen LogP contribution in [0.5, 0.6) is 5.75 Å². The highest BCUT2D eigenvalue weighted by Gasteiger charge is 2.25. The van der Waals surface area contributed by atoms with Crippen molar-refractivity contribution >= 4 is 29.0 Å². The van der Waals surface area contributed by atoms with E-state index in [1.165, 1.54) is 19.2 Å². The fourth-order valence-corrected chi connectivity index (χ4v) is 4.13. The van der Waals surface area contributed by atoms with Gasteiger partial charge in [0.15, 0.2) is 5.75 Å². The van der Waals surface area contributed by atoms with Gasteiger partial charge in [-0.2, -0.15) is 0 Å². The molecule has 0 bridgehead atoms. The molecule has 0 saturated carbocycles. The maximum atomic E-state index is 13.1. The zero-order chi connectivity index (χ0) is 28.3. The van der Waals surface area contributed by atoms with Gasteiger partial charge in [0.05, 0.1) is 12.0 Å². The van der Waals surface area contributed by atoms with Crippen LogP contribution in [0.2, 0.25) is 0 Å². The zero-order valence-electron chi connectivity index (χ0n) is 22.0. The molecule has 0 saturated heterocycles. The van der Waals surface area contributed by atoms with Crippen LogP contribution in [0.15, 0.2) is 66.9 Å². The van der Waals surface area contributed by atoms with Crippen LogP contribution in [0.4, 0.5) is 11.5 Å². The number of benzene rings is 2. The number of anilines is 1. The second kappa shape index (κ2) is 10.8. The molecule has 2 heterocycles. The van der Waals surface area contributed by atoms with Crippen LogP contribution in [0.3, 0.4) is 0 Å². The summed E-state index contributed by atoms with van der Waals surface area (Å²) >= 11 is 0.